The Bertz CT molecular complexity index is 75.9. The SMILES string of the molecule is C=C.CC1CCNN1C.CCC. The molecule has 0 aromatic heterocycles. The number of rotatable bonds is 0. The summed E-state index contributed by atoms with van der Waals surface area (Å²) >= 11 is 0. The zero-order valence-electron chi connectivity index (χ0n) is 9.06. The van der Waals surface area contributed by atoms with Gasteiger partial charge in [-0.25, -0.2) is 5.01 Å². The lowest BCUT2D eigenvalue weighted by atomic mass is 10.3. The van der Waals surface area contributed by atoms with Gasteiger partial charge in [-0.2, -0.15) is 0 Å². The van der Waals surface area contributed by atoms with Gasteiger partial charge in [-0.15, -0.1) is 13.2 Å². The Kier molecular flexibility index (Phi) is 12.6. The van der Waals surface area contributed by atoms with Gasteiger partial charge in [0.2, 0.25) is 0 Å². The molecule has 1 unspecified atom stereocenters. The first-order chi connectivity index (χ1) is 5.72. The molecule has 1 atom stereocenters. The zero-order chi connectivity index (χ0) is 9.98. The van der Waals surface area contributed by atoms with Crippen LogP contribution in [0.2, 0.25) is 0 Å². The van der Waals surface area contributed by atoms with Gasteiger partial charge in [-0.1, -0.05) is 20.3 Å². The summed E-state index contributed by atoms with van der Waals surface area (Å²) in [4.78, 5) is 0. The Balaban J connectivity index is 0. The van der Waals surface area contributed by atoms with Gasteiger partial charge >= 0.3 is 0 Å². The summed E-state index contributed by atoms with van der Waals surface area (Å²) < 4.78 is 0. The summed E-state index contributed by atoms with van der Waals surface area (Å²) in [5.74, 6) is 0. The van der Waals surface area contributed by atoms with Crippen LogP contribution in [0.4, 0.5) is 0 Å². The molecule has 1 aliphatic rings. The van der Waals surface area contributed by atoms with E-state index >= 15 is 0 Å². The fourth-order valence-corrected chi connectivity index (χ4v) is 0.799. The third-order valence-electron chi connectivity index (χ3n) is 1.58. The van der Waals surface area contributed by atoms with E-state index in [-0.39, 0.29) is 0 Å². The number of hydrogen-bond donors (Lipinski definition) is 1. The number of hydrazine groups is 1. The van der Waals surface area contributed by atoms with E-state index in [4.69, 9.17) is 0 Å². The number of nitrogens with one attached hydrogen (secondary N) is 1. The lowest BCUT2D eigenvalue weighted by Crippen LogP contribution is -2.30. The van der Waals surface area contributed by atoms with E-state index in [0.717, 1.165) is 12.6 Å². The predicted octanol–water partition coefficient (Wildman–Crippen LogP) is 2.43. The molecule has 1 heterocycles. The molecular formula is C10H24N2. The van der Waals surface area contributed by atoms with Crippen LogP contribution in [0.5, 0.6) is 0 Å². The van der Waals surface area contributed by atoms with Crippen molar-refractivity contribution in [3.63, 3.8) is 0 Å². The number of hydrogen-bond acceptors (Lipinski definition) is 2. The third-order valence-corrected chi connectivity index (χ3v) is 1.58. The Labute approximate surface area is 77.6 Å². The maximum atomic E-state index is 3.20. The predicted molar refractivity (Wildman–Crippen MR) is 57.1 cm³/mol. The van der Waals surface area contributed by atoms with Crippen molar-refractivity contribution < 1.29 is 0 Å². The average molecular weight is 172 g/mol. The highest BCUT2D eigenvalue weighted by molar-refractivity contribution is 4.66. The third kappa shape index (κ3) is 7.76. The first-order valence-corrected chi connectivity index (χ1v) is 4.68. The first kappa shape index (κ1) is 14.2. The van der Waals surface area contributed by atoms with Gasteiger partial charge in [-0.05, 0) is 13.3 Å². The van der Waals surface area contributed by atoms with E-state index < -0.39 is 0 Å². The van der Waals surface area contributed by atoms with Gasteiger partial charge < -0.3 is 0 Å². The van der Waals surface area contributed by atoms with E-state index in [2.05, 4.69) is 51.4 Å². The zero-order valence-corrected chi connectivity index (χ0v) is 9.06. The van der Waals surface area contributed by atoms with Crippen molar-refractivity contribution in [2.45, 2.75) is 39.7 Å². The van der Waals surface area contributed by atoms with Crippen molar-refractivity contribution in [3.05, 3.63) is 13.2 Å². The molecule has 0 radical (unpaired) electrons. The monoisotopic (exact) mass is 172 g/mol. The quantitative estimate of drug-likeness (QED) is 0.565. The summed E-state index contributed by atoms with van der Waals surface area (Å²) in [6.45, 7) is 13.6. The second kappa shape index (κ2) is 10.7. The number of nitrogens with zero attached hydrogens (tertiary/aromatic N) is 1. The minimum absolute atomic E-state index is 0.736. The molecule has 0 aromatic rings. The summed E-state index contributed by atoms with van der Waals surface area (Å²) in [5.41, 5.74) is 3.20. The molecule has 1 rings (SSSR count). The Morgan fingerprint density at radius 2 is 1.83 bits per heavy atom. The molecule has 0 spiro atoms. The highest BCUT2D eigenvalue weighted by atomic mass is 15.5. The standard InChI is InChI=1S/C5H12N2.C3H8.C2H4/c1-5-3-4-6-7(5)2;1-3-2;1-2/h5-6H,3-4H2,1-2H3;3H2,1-2H3;1-2H2. The Morgan fingerprint density at radius 3 is 1.92 bits per heavy atom. The lowest BCUT2D eigenvalue weighted by molar-refractivity contribution is 0.251. The highest BCUT2D eigenvalue weighted by Gasteiger charge is 2.13. The summed E-state index contributed by atoms with van der Waals surface area (Å²) in [7, 11) is 2.08. The molecule has 1 saturated heterocycles. The molecule has 2 nitrogen and oxygen atoms in total. The lowest BCUT2D eigenvalue weighted by Gasteiger charge is -2.12. The Morgan fingerprint density at radius 1 is 1.42 bits per heavy atom. The smallest absolute Gasteiger partial charge is 0.0224 e. The first-order valence-electron chi connectivity index (χ1n) is 4.68. The molecule has 0 aliphatic carbocycles. The summed E-state index contributed by atoms with van der Waals surface area (Å²) in [6, 6.07) is 0.736. The molecule has 12 heavy (non-hydrogen) atoms. The second-order valence-electron chi connectivity index (χ2n) is 2.86. The van der Waals surface area contributed by atoms with E-state index in [1.54, 1.807) is 0 Å². The topological polar surface area (TPSA) is 15.3 Å². The second-order valence-corrected chi connectivity index (χ2v) is 2.86. The van der Waals surface area contributed by atoms with Crippen molar-refractivity contribution in [1.82, 2.24) is 10.4 Å². The molecule has 0 saturated carbocycles. The van der Waals surface area contributed by atoms with E-state index in [1.807, 2.05) is 0 Å². The van der Waals surface area contributed by atoms with Crippen LogP contribution in [0.25, 0.3) is 0 Å². The highest BCUT2D eigenvalue weighted by Crippen LogP contribution is 2.02. The largest absolute Gasteiger partial charge is 0.255 e. The maximum absolute atomic E-state index is 3.20. The fraction of sp³-hybridized carbons (Fsp3) is 0.800. The van der Waals surface area contributed by atoms with Crippen molar-refractivity contribution in [1.29, 1.82) is 0 Å². The van der Waals surface area contributed by atoms with E-state index in [0.29, 0.717) is 0 Å². The van der Waals surface area contributed by atoms with Crippen molar-refractivity contribution in [2.75, 3.05) is 13.6 Å². The molecule has 0 aromatic carbocycles. The molecular weight excluding hydrogens is 148 g/mol. The molecule has 0 bridgehead atoms. The Hall–Kier alpha value is -0.340. The van der Waals surface area contributed by atoms with Gasteiger partial charge in [0.15, 0.2) is 0 Å². The van der Waals surface area contributed by atoms with Crippen LogP contribution in [0, 0.1) is 0 Å². The summed E-state index contributed by atoms with van der Waals surface area (Å²) in [6.07, 6.45) is 2.54. The molecule has 1 fully saturated rings. The average Bonchev–Trinajstić information content (AvgIpc) is 2.42. The van der Waals surface area contributed by atoms with E-state index in [9.17, 15) is 0 Å². The molecule has 1 N–H and O–H groups in total. The van der Waals surface area contributed by atoms with Crippen LogP contribution >= 0.6 is 0 Å². The van der Waals surface area contributed by atoms with Crippen molar-refractivity contribution in [3.8, 4) is 0 Å². The normalized spacial score (nSPS) is 21.8. The molecule has 0 amide bonds. The van der Waals surface area contributed by atoms with Gasteiger partial charge in [0.05, 0.1) is 0 Å². The maximum Gasteiger partial charge on any atom is 0.0224 e. The van der Waals surface area contributed by atoms with Crippen molar-refractivity contribution >= 4 is 0 Å². The van der Waals surface area contributed by atoms with Crippen LogP contribution in [-0.2, 0) is 0 Å². The van der Waals surface area contributed by atoms with E-state index in [1.165, 1.54) is 12.8 Å². The van der Waals surface area contributed by atoms with Gasteiger partial charge in [-0.3, -0.25) is 5.43 Å². The minimum Gasteiger partial charge on any atom is -0.255 e. The van der Waals surface area contributed by atoms with Crippen LogP contribution < -0.4 is 5.43 Å². The van der Waals surface area contributed by atoms with Crippen LogP contribution in [0.1, 0.15) is 33.6 Å². The molecule has 74 valence electrons. The van der Waals surface area contributed by atoms with Gasteiger partial charge in [0.1, 0.15) is 0 Å². The van der Waals surface area contributed by atoms with Crippen LogP contribution in [-0.4, -0.2) is 24.6 Å². The van der Waals surface area contributed by atoms with Crippen molar-refractivity contribution in [2.24, 2.45) is 0 Å². The van der Waals surface area contributed by atoms with Gasteiger partial charge in [0.25, 0.3) is 0 Å². The van der Waals surface area contributed by atoms with Crippen LogP contribution in [0.3, 0.4) is 0 Å². The molecule has 1 aliphatic heterocycles. The van der Waals surface area contributed by atoms with Gasteiger partial charge in [0, 0.05) is 19.6 Å². The van der Waals surface area contributed by atoms with Crippen LogP contribution in [0.15, 0.2) is 13.2 Å². The summed E-state index contributed by atoms with van der Waals surface area (Å²) in [5, 5.41) is 2.15. The molecule has 2 heteroatoms. The fourth-order valence-electron chi connectivity index (χ4n) is 0.799. The minimum atomic E-state index is 0.736.